The number of aryl methyl sites for hydroxylation is 3. The van der Waals surface area contributed by atoms with Crippen molar-refractivity contribution in [3.8, 4) is 28.3 Å². The molecule has 0 aliphatic carbocycles. The highest BCUT2D eigenvalue weighted by Gasteiger charge is 2.18. The Morgan fingerprint density at radius 3 is 2.51 bits per heavy atom. The summed E-state index contributed by atoms with van der Waals surface area (Å²) in [4.78, 5) is 17.1. The van der Waals surface area contributed by atoms with Gasteiger partial charge in [-0.3, -0.25) is 9.78 Å². The van der Waals surface area contributed by atoms with E-state index in [0.717, 1.165) is 28.1 Å². The number of amides is 1. The van der Waals surface area contributed by atoms with Crippen LogP contribution in [0.3, 0.4) is 0 Å². The summed E-state index contributed by atoms with van der Waals surface area (Å²) in [5.41, 5.74) is 6.95. The van der Waals surface area contributed by atoms with Crippen molar-refractivity contribution in [1.82, 2.24) is 29.6 Å². The zero-order valence-electron chi connectivity index (χ0n) is 20.7. The number of nitrogens with two attached hydrogens (primary N) is 1. The number of para-hydroxylation sites is 1. The summed E-state index contributed by atoms with van der Waals surface area (Å²) in [7, 11) is 0. The van der Waals surface area contributed by atoms with Crippen LogP contribution >= 0.6 is 11.8 Å². The van der Waals surface area contributed by atoms with E-state index in [-0.39, 0.29) is 11.7 Å². The molecule has 0 saturated carbocycles. The van der Waals surface area contributed by atoms with Crippen LogP contribution in [0.5, 0.6) is 0 Å². The molecule has 0 unspecified atom stereocenters. The van der Waals surface area contributed by atoms with E-state index in [2.05, 4.69) is 53.4 Å². The van der Waals surface area contributed by atoms with Gasteiger partial charge < -0.3 is 11.2 Å². The summed E-state index contributed by atoms with van der Waals surface area (Å²) < 4.78 is 3.11. The predicted molar refractivity (Wildman–Crippen MR) is 146 cm³/mol. The standard InChI is InChI=1S/C27H26N8OS/c1-17-12-19(3)22(13-18(17)2)23-14-24(35(33-23)21-9-5-4-6-10-21)30-25(36)16-37-27-32-31-26(34(27)28)20-8-7-11-29-15-20/h4-15H,16,28H2,1-3H3,(H,30,36). The second-order valence-electron chi connectivity index (χ2n) is 8.67. The number of nitrogens with one attached hydrogen (secondary N) is 1. The molecular formula is C27H26N8OS. The molecule has 5 rings (SSSR count). The van der Waals surface area contributed by atoms with Gasteiger partial charge in [0.15, 0.2) is 5.82 Å². The summed E-state index contributed by atoms with van der Waals surface area (Å²) in [6.07, 6.45) is 3.34. The lowest BCUT2D eigenvalue weighted by Gasteiger charge is -2.09. The second kappa shape index (κ2) is 10.3. The molecule has 0 spiro atoms. The lowest BCUT2D eigenvalue weighted by Crippen LogP contribution is -2.18. The molecule has 9 nitrogen and oxygen atoms in total. The third-order valence-corrected chi connectivity index (χ3v) is 6.95. The molecular weight excluding hydrogens is 484 g/mol. The van der Waals surface area contributed by atoms with Crippen LogP contribution < -0.4 is 11.2 Å². The lowest BCUT2D eigenvalue weighted by molar-refractivity contribution is -0.113. The number of carbonyl (C=O) groups is 1. The number of pyridine rings is 1. The van der Waals surface area contributed by atoms with Crippen LogP contribution in [0.1, 0.15) is 16.7 Å². The Bertz CT molecular complexity index is 1560. The first-order valence-corrected chi connectivity index (χ1v) is 12.7. The van der Waals surface area contributed by atoms with Gasteiger partial charge in [-0.15, -0.1) is 10.2 Å². The van der Waals surface area contributed by atoms with E-state index < -0.39 is 0 Å². The van der Waals surface area contributed by atoms with Gasteiger partial charge >= 0.3 is 0 Å². The maximum atomic E-state index is 13.0. The number of nitrogens with zero attached hydrogens (tertiary/aromatic N) is 6. The van der Waals surface area contributed by atoms with E-state index >= 15 is 0 Å². The monoisotopic (exact) mass is 510 g/mol. The summed E-state index contributed by atoms with van der Waals surface area (Å²) in [5, 5.41) is 16.6. The quantitative estimate of drug-likeness (QED) is 0.243. The molecule has 0 aliphatic rings. The summed E-state index contributed by atoms with van der Waals surface area (Å²) >= 11 is 1.20. The van der Waals surface area contributed by atoms with Crippen molar-refractivity contribution in [2.24, 2.45) is 0 Å². The Morgan fingerprint density at radius 2 is 1.76 bits per heavy atom. The van der Waals surface area contributed by atoms with Gasteiger partial charge in [-0.25, -0.2) is 9.36 Å². The van der Waals surface area contributed by atoms with Gasteiger partial charge in [0.25, 0.3) is 0 Å². The molecule has 0 aliphatic heterocycles. The first kappa shape index (κ1) is 24.3. The average Bonchev–Trinajstić information content (AvgIpc) is 3.49. The van der Waals surface area contributed by atoms with Crippen molar-refractivity contribution in [3.63, 3.8) is 0 Å². The summed E-state index contributed by atoms with van der Waals surface area (Å²) in [6.45, 7) is 6.25. The van der Waals surface area contributed by atoms with Gasteiger partial charge in [0.1, 0.15) is 5.82 Å². The number of benzene rings is 2. The minimum absolute atomic E-state index is 0.0976. The Hall–Kier alpha value is -4.44. The van der Waals surface area contributed by atoms with Gasteiger partial charge in [-0.2, -0.15) is 5.10 Å². The van der Waals surface area contributed by atoms with Gasteiger partial charge in [-0.05, 0) is 67.8 Å². The van der Waals surface area contributed by atoms with Crippen LogP contribution in [0.15, 0.2) is 78.2 Å². The molecule has 1 amide bonds. The zero-order chi connectivity index (χ0) is 25.9. The molecule has 0 radical (unpaired) electrons. The fraction of sp³-hybridized carbons (Fsp3) is 0.148. The normalized spacial score (nSPS) is 11.0. The first-order valence-electron chi connectivity index (χ1n) is 11.7. The van der Waals surface area contributed by atoms with Crippen molar-refractivity contribution in [1.29, 1.82) is 0 Å². The fourth-order valence-corrected chi connectivity index (χ4v) is 4.64. The summed E-state index contributed by atoms with van der Waals surface area (Å²) in [6, 6.07) is 19.6. The number of nitrogen functional groups attached to an aromatic ring is 1. The topological polar surface area (TPSA) is 117 Å². The average molecular weight is 511 g/mol. The molecule has 2 aromatic carbocycles. The van der Waals surface area contributed by atoms with Gasteiger partial charge in [0.05, 0.1) is 17.1 Å². The molecule has 10 heteroatoms. The molecule has 186 valence electrons. The molecule has 3 N–H and O–H groups in total. The Morgan fingerprint density at radius 1 is 0.973 bits per heavy atom. The number of hydrogen-bond acceptors (Lipinski definition) is 7. The third-order valence-electron chi connectivity index (χ3n) is 6.01. The SMILES string of the molecule is Cc1cc(C)c(-c2cc(NC(=O)CSc3nnc(-c4cccnc4)n3N)n(-c3ccccc3)n2)cc1C. The van der Waals surface area contributed by atoms with Crippen molar-refractivity contribution >= 4 is 23.5 Å². The van der Waals surface area contributed by atoms with Gasteiger partial charge in [0.2, 0.25) is 11.1 Å². The maximum absolute atomic E-state index is 13.0. The first-order chi connectivity index (χ1) is 17.9. The maximum Gasteiger partial charge on any atom is 0.236 e. The van der Waals surface area contributed by atoms with Gasteiger partial charge in [0, 0.05) is 29.6 Å². The third kappa shape index (κ3) is 5.10. The highest BCUT2D eigenvalue weighted by molar-refractivity contribution is 7.99. The van der Waals surface area contributed by atoms with Crippen molar-refractivity contribution in [2.45, 2.75) is 25.9 Å². The Balaban J connectivity index is 1.38. The number of aromatic nitrogens is 6. The van der Waals surface area contributed by atoms with E-state index in [0.29, 0.717) is 16.8 Å². The highest BCUT2D eigenvalue weighted by Crippen LogP contribution is 2.29. The van der Waals surface area contributed by atoms with E-state index in [1.54, 1.807) is 23.1 Å². The zero-order valence-corrected chi connectivity index (χ0v) is 21.5. The lowest BCUT2D eigenvalue weighted by atomic mass is 9.99. The van der Waals surface area contributed by atoms with E-state index in [9.17, 15) is 4.79 Å². The molecule has 3 aromatic heterocycles. The largest absolute Gasteiger partial charge is 0.335 e. The van der Waals surface area contributed by atoms with Crippen molar-refractivity contribution < 1.29 is 4.79 Å². The predicted octanol–water partition coefficient (Wildman–Crippen LogP) is 4.56. The molecule has 5 aromatic rings. The minimum Gasteiger partial charge on any atom is -0.335 e. The Kier molecular flexibility index (Phi) is 6.74. The van der Waals surface area contributed by atoms with Crippen LogP contribution in [-0.4, -0.2) is 41.3 Å². The van der Waals surface area contributed by atoms with Crippen molar-refractivity contribution in [2.75, 3.05) is 16.9 Å². The fourth-order valence-electron chi connectivity index (χ4n) is 3.98. The molecule has 0 atom stereocenters. The van der Waals surface area contributed by atoms with Crippen molar-refractivity contribution in [3.05, 3.63) is 89.7 Å². The van der Waals surface area contributed by atoms with Crippen LogP contribution in [0.25, 0.3) is 28.3 Å². The molecule has 0 bridgehead atoms. The molecule has 0 fully saturated rings. The number of carbonyl (C=O) groups excluding carboxylic acids is 1. The number of anilines is 1. The number of rotatable bonds is 7. The van der Waals surface area contributed by atoms with Gasteiger partial charge in [-0.1, -0.05) is 36.0 Å². The second-order valence-corrected chi connectivity index (χ2v) is 9.61. The van der Waals surface area contributed by atoms with Crippen LogP contribution in [0.2, 0.25) is 0 Å². The minimum atomic E-state index is -0.212. The summed E-state index contributed by atoms with van der Waals surface area (Å²) in [5.74, 6) is 7.12. The van der Waals surface area contributed by atoms with Crippen LogP contribution in [-0.2, 0) is 4.79 Å². The van der Waals surface area contributed by atoms with Crippen LogP contribution in [0.4, 0.5) is 5.82 Å². The molecule has 3 heterocycles. The number of hydrogen-bond donors (Lipinski definition) is 2. The smallest absolute Gasteiger partial charge is 0.236 e. The Labute approximate surface area is 218 Å². The van der Waals surface area contributed by atoms with E-state index in [4.69, 9.17) is 10.9 Å². The number of thioether (sulfide) groups is 1. The molecule has 0 saturated heterocycles. The molecule has 37 heavy (non-hydrogen) atoms. The van der Waals surface area contributed by atoms with Crippen LogP contribution in [0, 0.1) is 20.8 Å². The highest BCUT2D eigenvalue weighted by atomic mass is 32.2. The van der Waals surface area contributed by atoms with E-state index in [1.165, 1.54) is 27.6 Å². The van der Waals surface area contributed by atoms with E-state index in [1.807, 2.05) is 42.5 Å².